The number of benzene rings is 2. The first-order valence-corrected chi connectivity index (χ1v) is 10.8. The summed E-state index contributed by atoms with van der Waals surface area (Å²) in [6.45, 7) is 2.58. The average molecular weight is 423 g/mol. The third-order valence-electron chi connectivity index (χ3n) is 4.98. The van der Waals surface area contributed by atoms with Gasteiger partial charge < -0.3 is 14.2 Å². The van der Waals surface area contributed by atoms with Crippen molar-refractivity contribution >= 4 is 5.97 Å². The number of ether oxygens (including phenoxy) is 3. The highest BCUT2D eigenvalue weighted by Crippen LogP contribution is 2.24. The van der Waals surface area contributed by atoms with Gasteiger partial charge in [-0.1, -0.05) is 73.7 Å². The summed E-state index contributed by atoms with van der Waals surface area (Å²) in [5.41, 5.74) is 2.30. The normalized spacial score (nSPS) is 13.4. The van der Waals surface area contributed by atoms with Crippen LogP contribution in [0, 0.1) is 5.92 Å². The zero-order valence-corrected chi connectivity index (χ0v) is 18.8. The molecule has 2 atom stereocenters. The van der Waals surface area contributed by atoms with Crippen molar-refractivity contribution in [1.29, 1.82) is 0 Å². The van der Waals surface area contributed by atoms with Gasteiger partial charge in [0.2, 0.25) is 0 Å². The van der Waals surface area contributed by atoms with Gasteiger partial charge in [0.1, 0.15) is 5.75 Å². The summed E-state index contributed by atoms with van der Waals surface area (Å²) >= 11 is 0. The number of rotatable bonds is 13. The third-order valence-corrected chi connectivity index (χ3v) is 4.98. The first kappa shape index (κ1) is 24.4. The Morgan fingerprint density at radius 3 is 2.32 bits per heavy atom. The second-order valence-corrected chi connectivity index (χ2v) is 7.53. The number of hydrogen-bond donors (Lipinski definition) is 0. The molecule has 0 aliphatic carbocycles. The molecular weight excluding hydrogens is 388 g/mol. The van der Waals surface area contributed by atoms with Gasteiger partial charge in [0.05, 0.1) is 33.4 Å². The highest BCUT2D eigenvalue weighted by molar-refractivity contribution is 5.69. The second-order valence-electron chi connectivity index (χ2n) is 7.53. The molecule has 0 saturated heterocycles. The van der Waals surface area contributed by atoms with Crippen LogP contribution in [-0.4, -0.2) is 20.2 Å². The van der Waals surface area contributed by atoms with Crippen LogP contribution in [0.25, 0.3) is 0 Å². The van der Waals surface area contributed by atoms with Crippen molar-refractivity contribution in [3.8, 4) is 5.75 Å². The molecule has 0 aromatic heterocycles. The maximum Gasteiger partial charge on any atom is 0.306 e. The quantitative estimate of drug-likeness (QED) is 0.212. The number of carbonyl (C=O) groups is 1. The molecule has 4 heteroatoms. The molecule has 31 heavy (non-hydrogen) atoms. The third kappa shape index (κ3) is 9.67. The first-order chi connectivity index (χ1) is 15.1. The van der Waals surface area contributed by atoms with E-state index in [1.807, 2.05) is 49.4 Å². The number of esters is 1. The molecule has 0 saturated carbocycles. The summed E-state index contributed by atoms with van der Waals surface area (Å²) in [5.74, 6) is 0.879. The van der Waals surface area contributed by atoms with Crippen molar-refractivity contribution in [3.05, 3.63) is 90.0 Å². The summed E-state index contributed by atoms with van der Waals surface area (Å²) in [6, 6.07) is 18.3. The fourth-order valence-corrected chi connectivity index (χ4v) is 3.16. The Balaban J connectivity index is 1.82. The van der Waals surface area contributed by atoms with Crippen LogP contribution in [0.3, 0.4) is 0 Å². The molecule has 0 bridgehead atoms. The Kier molecular flexibility index (Phi) is 11.2. The maximum atomic E-state index is 11.3. The lowest BCUT2D eigenvalue weighted by Gasteiger charge is -2.17. The lowest BCUT2D eigenvalue weighted by Crippen LogP contribution is -2.04. The van der Waals surface area contributed by atoms with E-state index in [1.165, 1.54) is 12.7 Å². The van der Waals surface area contributed by atoms with Crippen LogP contribution in [0.4, 0.5) is 0 Å². The summed E-state index contributed by atoms with van der Waals surface area (Å²) in [7, 11) is 3.09. The molecule has 2 rings (SSSR count). The standard InChI is InChI=1S/C27H34O4/c1-22(20-27(28)30-3)12-8-5-4-6-11-15-26(24-13-9-7-10-14-24)31-21-23-16-18-25(29-2)19-17-23/h6-14,16-19,22,26H,4-5,15,20-21H2,1-3H3/b11-6-,12-8+/t22-,26+/m0/s1. The van der Waals surface area contributed by atoms with Crippen LogP contribution >= 0.6 is 0 Å². The first-order valence-electron chi connectivity index (χ1n) is 10.8. The Bertz CT molecular complexity index is 809. The van der Waals surface area contributed by atoms with E-state index in [0.29, 0.717) is 13.0 Å². The van der Waals surface area contributed by atoms with Crippen molar-refractivity contribution in [2.75, 3.05) is 14.2 Å². The summed E-state index contributed by atoms with van der Waals surface area (Å²) in [4.78, 5) is 11.3. The molecule has 0 aliphatic rings. The van der Waals surface area contributed by atoms with Crippen LogP contribution in [-0.2, 0) is 20.9 Å². The summed E-state index contributed by atoms with van der Waals surface area (Å²) < 4.78 is 16.2. The molecule has 0 amide bonds. The minimum Gasteiger partial charge on any atom is -0.497 e. The molecule has 0 unspecified atom stereocenters. The van der Waals surface area contributed by atoms with Gasteiger partial charge in [-0.3, -0.25) is 4.79 Å². The van der Waals surface area contributed by atoms with Crippen molar-refractivity contribution in [2.24, 2.45) is 5.92 Å². The van der Waals surface area contributed by atoms with Crippen LogP contribution in [0.2, 0.25) is 0 Å². The molecular formula is C27H34O4. The van der Waals surface area contributed by atoms with Gasteiger partial charge in [-0.05, 0) is 48.4 Å². The zero-order valence-electron chi connectivity index (χ0n) is 18.8. The van der Waals surface area contributed by atoms with Crippen molar-refractivity contribution in [2.45, 2.75) is 45.3 Å². The molecule has 0 heterocycles. The zero-order chi connectivity index (χ0) is 22.3. The van der Waals surface area contributed by atoms with Crippen molar-refractivity contribution in [1.82, 2.24) is 0 Å². The van der Waals surface area contributed by atoms with Gasteiger partial charge in [-0.2, -0.15) is 0 Å². The monoisotopic (exact) mass is 422 g/mol. The van der Waals surface area contributed by atoms with E-state index < -0.39 is 0 Å². The molecule has 2 aromatic rings. The molecule has 2 aromatic carbocycles. The van der Waals surface area contributed by atoms with E-state index in [2.05, 4.69) is 36.4 Å². The Hall–Kier alpha value is -2.85. The largest absolute Gasteiger partial charge is 0.497 e. The molecule has 4 nitrogen and oxygen atoms in total. The second kappa shape index (κ2) is 14.2. The Morgan fingerprint density at radius 2 is 1.65 bits per heavy atom. The van der Waals surface area contributed by atoms with E-state index in [-0.39, 0.29) is 18.0 Å². The van der Waals surface area contributed by atoms with Crippen molar-refractivity contribution < 1.29 is 19.0 Å². The van der Waals surface area contributed by atoms with E-state index in [0.717, 1.165) is 30.6 Å². The lowest BCUT2D eigenvalue weighted by molar-refractivity contribution is -0.141. The minimum atomic E-state index is -0.168. The topological polar surface area (TPSA) is 44.8 Å². The summed E-state index contributed by atoms with van der Waals surface area (Å²) in [5, 5.41) is 0. The van der Waals surface area contributed by atoms with E-state index in [4.69, 9.17) is 14.2 Å². The lowest BCUT2D eigenvalue weighted by atomic mass is 10.1. The average Bonchev–Trinajstić information content (AvgIpc) is 2.81. The smallest absolute Gasteiger partial charge is 0.306 e. The maximum absolute atomic E-state index is 11.3. The van der Waals surface area contributed by atoms with Crippen molar-refractivity contribution in [3.63, 3.8) is 0 Å². The van der Waals surface area contributed by atoms with E-state index >= 15 is 0 Å². The van der Waals surface area contributed by atoms with Gasteiger partial charge in [-0.25, -0.2) is 0 Å². The fraction of sp³-hybridized carbons (Fsp3) is 0.370. The highest BCUT2D eigenvalue weighted by Gasteiger charge is 2.10. The number of carbonyl (C=O) groups excluding carboxylic acids is 1. The van der Waals surface area contributed by atoms with E-state index in [1.54, 1.807) is 7.11 Å². The van der Waals surface area contributed by atoms with Gasteiger partial charge in [0, 0.05) is 0 Å². The molecule has 166 valence electrons. The predicted molar refractivity (Wildman–Crippen MR) is 125 cm³/mol. The Morgan fingerprint density at radius 1 is 0.935 bits per heavy atom. The van der Waals surface area contributed by atoms with Gasteiger partial charge in [0.25, 0.3) is 0 Å². The van der Waals surface area contributed by atoms with E-state index in [9.17, 15) is 4.79 Å². The van der Waals surface area contributed by atoms with Crippen LogP contribution in [0.1, 0.15) is 49.8 Å². The highest BCUT2D eigenvalue weighted by atomic mass is 16.5. The molecule has 0 fully saturated rings. The SMILES string of the molecule is COC(=O)C[C@@H](C)/C=C/CC/C=C\C[C@@H](OCc1ccc(OC)cc1)c1ccccc1. The van der Waals surface area contributed by atoms with Crippen LogP contribution in [0.5, 0.6) is 5.75 Å². The minimum absolute atomic E-state index is 0.00942. The van der Waals surface area contributed by atoms with Crippen LogP contribution in [0.15, 0.2) is 78.9 Å². The predicted octanol–water partition coefficient (Wildman–Crippen LogP) is 6.44. The molecule has 0 N–H and O–H groups in total. The van der Waals surface area contributed by atoms with Gasteiger partial charge in [-0.15, -0.1) is 0 Å². The summed E-state index contributed by atoms with van der Waals surface area (Å²) in [6.07, 6.45) is 11.8. The number of hydrogen-bond acceptors (Lipinski definition) is 4. The van der Waals surface area contributed by atoms with Crippen LogP contribution < -0.4 is 4.74 Å². The number of unbranched alkanes of at least 4 members (excludes halogenated alkanes) is 1. The Labute approximate surface area is 186 Å². The van der Waals surface area contributed by atoms with Gasteiger partial charge >= 0.3 is 5.97 Å². The molecule has 0 aliphatic heterocycles. The molecule has 0 radical (unpaired) electrons. The fourth-order valence-electron chi connectivity index (χ4n) is 3.16. The van der Waals surface area contributed by atoms with Gasteiger partial charge in [0.15, 0.2) is 0 Å². The number of allylic oxidation sites excluding steroid dienone is 3. The molecule has 0 spiro atoms. The number of methoxy groups -OCH3 is 2.